The zero-order valence-electron chi connectivity index (χ0n) is 17.4. The third-order valence-corrected chi connectivity index (χ3v) is 5.51. The van der Waals surface area contributed by atoms with Crippen molar-refractivity contribution in [1.29, 1.82) is 0 Å². The van der Waals surface area contributed by atoms with E-state index in [0.29, 0.717) is 21.8 Å². The molecule has 0 fully saturated rings. The number of fused-ring (bicyclic) bond motifs is 1. The minimum atomic E-state index is -0.457. The Morgan fingerprint density at radius 2 is 1.70 bits per heavy atom. The van der Waals surface area contributed by atoms with Crippen molar-refractivity contribution in [3.8, 4) is 5.75 Å². The van der Waals surface area contributed by atoms with Crippen molar-refractivity contribution in [1.82, 2.24) is 10.7 Å². The Kier molecular flexibility index (Phi) is 6.87. The Hall–Kier alpha value is -4.30. The first-order chi connectivity index (χ1) is 16.1. The number of ether oxygens (including phenoxy) is 1. The molecule has 0 aliphatic heterocycles. The molecular weight excluding hydrogens is 438 g/mol. The van der Waals surface area contributed by atoms with Crippen LogP contribution in [0, 0.1) is 0 Å². The normalized spacial score (nSPS) is 10.8. The second-order valence-corrected chi connectivity index (χ2v) is 7.89. The number of hydrogen-bond acceptors (Lipinski definition) is 6. The second kappa shape index (κ2) is 10.3. The van der Waals surface area contributed by atoms with Crippen molar-refractivity contribution in [3.05, 3.63) is 100 Å². The second-order valence-electron chi connectivity index (χ2n) is 6.94. The standard InChI is InChI=1S/C25H19N3O4S/c29-23(16-26-24(30)21-8-3-6-18-5-1-2-7-20(18)21)28-27-15-17-10-12-19(13-11-17)32-25(31)22-9-4-14-33-22/h1-15H,16H2,(H,26,30)(H,28,29)/b27-15-. The van der Waals surface area contributed by atoms with Gasteiger partial charge in [-0.15, -0.1) is 11.3 Å². The highest BCUT2D eigenvalue weighted by Crippen LogP contribution is 2.18. The number of esters is 1. The fourth-order valence-corrected chi connectivity index (χ4v) is 3.67. The van der Waals surface area contributed by atoms with Gasteiger partial charge in [0.1, 0.15) is 10.6 Å². The van der Waals surface area contributed by atoms with E-state index < -0.39 is 11.9 Å². The number of thiophene rings is 1. The van der Waals surface area contributed by atoms with E-state index in [-0.39, 0.29) is 12.5 Å². The Bertz CT molecular complexity index is 1310. The van der Waals surface area contributed by atoms with Crippen LogP contribution in [0.4, 0.5) is 0 Å². The first kappa shape index (κ1) is 21.9. The molecule has 0 bridgehead atoms. The molecule has 4 aromatic rings. The van der Waals surface area contributed by atoms with E-state index in [1.165, 1.54) is 17.6 Å². The number of rotatable bonds is 7. The maximum atomic E-state index is 12.5. The fourth-order valence-electron chi connectivity index (χ4n) is 3.07. The third-order valence-electron chi connectivity index (χ3n) is 4.66. The van der Waals surface area contributed by atoms with Crippen molar-refractivity contribution >= 4 is 46.1 Å². The molecule has 0 saturated heterocycles. The van der Waals surface area contributed by atoms with Gasteiger partial charge in [0.05, 0.1) is 12.8 Å². The highest BCUT2D eigenvalue weighted by molar-refractivity contribution is 7.12. The Balaban J connectivity index is 1.26. The van der Waals surface area contributed by atoms with Crippen LogP contribution in [-0.4, -0.2) is 30.5 Å². The van der Waals surface area contributed by atoms with Crippen molar-refractivity contribution in [3.63, 3.8) is 0 Å². The summed E-state index contributed by atoms with van der Waals surface area (Å²) < 4.78 is 5.29. The van der Waals surface area contributed by atoms with E-state index in [2.05, 4.69) is 15.8 Å². The SMILES string of the molecule is O=C(CNC(=O)c1cccc2ccccc12)N/N=C\c1ccc(OC(=O)c2cccs2)cc1. The predicted octanol–water partition coefficient (Wildman–Crippen LogP) is 4.00. The lowest BCUT2D eigenvalue weighted by atomic mass is 10.0. The Labute approximate surface area is 193 Å². The molecule has 7 nitrogen and oxygen atoms in total. The molecule has 1 aromatic heterocycles. The summed E-state index contributed by atoms with van der Waals surface area (Å²) in [6, 6.07) is 23.2. The highest BCUT2D eigenvalue weighted by Gasteiger charge is 2.11. The number of nitrogens with zero attached hydrogens (tertiary/aromatic N) is 1. The van der Waals surface area contributed by atoms with E-state index in [1.54, 1.807) is 53.9 Å². The van der Waals surface area contributed by atoms with Gasteiger partial charge >= 0.3 is 5.97 Å². The highest BCUT2D eigenvalue weighted by atomic mass is 32.1. The summed E-state index contributed by atoms with van der Waals surface area (Å²) in [5.41, 5.74) is 3.58. The zero-order valence-corrected chi connectivity index (χ0v) is 18.2. The third kappa shape index (κ3) is 5.69. The number of amides is 2. The summed E-state index contributed by atoms with van der Waals surface area (Å²) in [6.07, 6.45) is 1.45. The molecule has 0 radical (unpaired) electrons. The molecule has 0 atom stereocenters. The summed E-state index contributed by atoms with van der Waals surface area (Å²) in [6.45, 7) is -0.211. The Morgan fingerprint density at radius 3 is 2.48 bits per heavy atom. The molecule has 8 heteroatoms. The van der Waals surface area contributed by atoms with Gasteiger partial charge in [0, 0.05) is 5.56 Å². The average molecular weight is 458 g/mol. The molecular formula is C25H19N3O4S. The molecule has 0 aliphatic carbocycles. The van der Waals surface area contributed by atoms with Crippen LogP contribution in [0.3, 0.4) is 0 Å². The molecule has 3 aromatic carbocycles. The summed E-state index contributed by atoms with van der Waals surface area (Å²) in [5, 5.41) is 10.1. The van der Waals surface area contributed by atoms with Crippen LogP contribution in [0.25, 0.3) is 10.8 Å². The van der Waals surface area contributed by atoms with Gasteiger partial charge in [-0.1, -0.05) is 42.5 Å². The lowest BCUT2D eigenvalue weighted by molar-refractivity contribution is -0.120. The lowest BCUT2D eigenvalue weighted by Gasteiger charge is -2.07. The van der Waals surface area contributed by atoms with Gasteiger partial charge in [0.2, 0.25) is 0 Å². The van der Waals surface area contributed by atoms with Crippen LogP contribution >= 0.6 is 11.3 Å². The largest absolute Gasteiger partial charge is 0.422 e. The maximum absolute atomic E-state index is 12.5. The zero-order chi connectivity index (χ0) is 23.0. The topological polar surface area (TPSA) is 96.9 Å². The van der Waals surface area contributed by atoms with Gasteiger partial charge in [-0.2, -0.15) is 5.10 Å². The quantitative estimate of drug-likeness (QED) is 0.190. The minimum Gasteiger partial charge on any atom is -0.422 e. The van der Waals surface area contributed by atoms with Gasteiger partial charge in [0.25, 0.3) is 11.8 Å². The smallest absolute Gasteiger partial charge is 0.353 e. The molecule has 0 saturated carbocycles. The lowest BCUT2D eigenvalue weighted by Crippen LogP contribution is -2.35. The molecule has 0 unspecified atom stereocenters. The van der Waals surface area contributed by atoms with E-state index >= 15 is 0 Å². The number of benzene rings is 3. The summed E-state index contributed by atoms with van der Waals surface area (Å²) in [4.78, 5) is 37.0. The molecule has 0 aliphatic rings. The number of hydrogen-bond donors (Lipinski definition) is 2. The van der Waals surface area contributed by atoms with E-state index in [0.717, 1.165) is 10.8 Å². The molecule has 33 heavy (non-hydrogen) atoms. The van der Waals surface area contributed by atoms with E-state index in [1.807, 2.05) is 30.3 Å². The van der Waals surface area contributed by atoms with Gasteiger partial charge in [-0.05, 0) is 58.1 Å². The van der Waals surface area contributed by atoms with Crippen LogP contribution in [0.2, 0.25) is 0 Å². The fraction of sp³-hybridized carbons (Fsp3) is 0.0400. The van der Waals surface area contributed by atoms with Crippen LogP contribution in [-0.2, 0) is 4.79 Å². The molecule has 2 N–H and O–H groups in total. The van der Waals surface area contributed by atoms with Gasteiger partial charge in [-0.25, -0.2) is 10.2 Å². The summed E-state index contributed by atoms with van der Waals surface area (Å²) >= 11 is 1.31. The van der Waals surface area contributed by atoms with Crippen molar-refractivity contribution < 1.29 is 19.1 Å². The van der Waals surface area contributed by atoms with Crippen LogP contribution in [0.1, 0.15) is 25.6 Å². The predicted molar refractivity (Wildman–Crippen MR) is 128 cm³/mol. The number of carbonyl (C=O) groups excluding carboxylic acids is 3. The van der Waals surface area contributed by atoms with Gasteiger partial charge in [0.15, 0.2) is 0 Å². The van der Waals surface area contributed by atoms with Crippen LogP contribution in [0.15, 0.2) is 89.3 Å². The average Bonchev–Trinajstić information content (AvgIpc) is 3.39. The van der Waals surface area contributed by atoms with Crippen molar-refractivity contribution in [2.45, 2.75) is 0 Å². The number of hydrazone groups is 1. The van der Waals surface area contributed by atoms with Crippen molar-refractivity contribution in [2.75, 3.05) is 6.54 Å². The maximum Gasteiger partial charge on any atom is 0.353 e. The minimum absolute atomic E-state index is 0.211. The summed E-state index contributed by atoms with van der Waals surface area (Å²) in [5.74, 6) is -0.796. The van der Waals surface area contributed by atoms with Gasteiger partial charge < -0.3 is 10.1 Å². The molecule has 2 amide bonds. The van der Waals surface area contributed by atoms with Crippen molar-refractivity contribution in [2.24, 2.45) is 5.10 Å². The molecule has 164 valence electrons. The van der Waals surface area contributed by atoms with Gasteiger partial charge in [-0.3, -0.25) is 9.59 Å². The first-order valence-corrected chi connectivity index (χ1v) is 10.9. The molecule has 4 rings (SSSR count). The Morgan fingerprint density at radius 1 is 0.909 bits per heavy atom. The van der Waals surface area contributed by atoms with Crippen LogP contribution in [0.5, 0.6) is 5.75 Å². The number of nitrogens with one attached hydrogen (secondary N) is 2. The first-order valence-electron chi connectivity index (χ1n) is 10.0. The van der Waals surface area contributed by atoms with Crippen LogP contribution < -0.4 is 15.5 Å². The monoisotopic (exact) mass is 457 g/mol. The molecule has 1 heterocycles. The molecule has 0 spiro atoms. The van der Waals surface area contributed by atoms with E-state index in [9.17, 15) is 14.4 Å². The number of carbonyl (C=O) groups is 3. The van der Waals surface area contributed by atoms with E-state index in [4.69, 9.17) is 4.74 Å². The summed E-state index contributed by atoms with van der Waals surface area (Å²) in [7, 11) is 0.